The van der Waals surface area contributed by atoms with E-state index in [0.29, 0.717) is 17.2 Å². The topological polar surface area (TPSA) is 38.3 Å². The summed E-state index contributed by atoms with van der Waals surface area (Å²) in [6, 6.07) is 14.4. The Hall–Kier alpha value is -2.29. The standard InChI is InChI=1S/C21H25NO2/c1-13-6-9-15(10-7-13)18-19(21(18,3)4)22-20(23)16-12-14(2)8-11-17(16)24-5/h6-12,18-19H,1-5H3,(H,22,23)/t18-,19?/m0/s1. The third kappa shape index (κ3) is 2.91. The van der Waals surface area contributed by atoms with Gasteiger partial charge < -0.3 is 10.1 Å². The molecule has 1 aliphatic rings. The van der Waals surface area contributed by atoms with E-state index in [4.69, 9.17) is 4.74 Å². The third-order valence-corrected chi connectivity index (χ3v) is 5.15. The predicted octanol–water partition coefficient (Wildman–Crippen LogP) is 4.23. The van der Waals surface area contributed by atoms with Crippen molar-refractivity contribution >= 4 is 5.91 Å². The van der Waals surface area contributed by atoms with Gasteiger partial charge in [0.1, 0.15) is 5.75 Å². The van der Waals surface area contributed by atoms with Gasteiger partial charge >= 0.3 is 0 Å². The number of carbonyl (C=O) groups excluding carboxylic acids is 1. The first-order valence-corrected chi connectivity index (χ1v) is 8.36. The Morgan fingerprint density at radius 2 is 1.67 bits per heavy atom. The number of aryl methyl sites for hydroxylation is 2. The monoisotopic (exact) mass is 323 g/mol. The summed E-state index contributed by atoms with van der Waals surface area (Å²) in [5.74, 6) is 0.893. The molecule has 0 radical (unpaired) electrons. The molecule has 2 aromatic rings. The van der Waals surface area contributed by atoms with E-state index >= 15 is 0 Å². The van der Waals surface area contributed by atoms with Crippen LogP contribution in [0.1, 0.15) is 46.8 Å². The number of nitrogens with one attached hydrogen (secondary N) is 1. The molecule has 24 heavy (non-hydrogen) atoms. The fourth-order valence-corrected chi connectivity index (χ4v) is 3.52. The van der Waals surface area contributed by atoms with E-state index in [9.17, 15) is 4.79 Å². The third-order valence-electron chi connectivity index (χ3n) is 5.15. The first-order valence-electron chi connectivity index (χ1n) is 8.36. The van der Waals surface area contributed by atoms with E-state index in [1.165, 1.54) is 11.1 Å². The van der Waals surface area contributed by atoms with E-state index in [2.05, 4.69) is 50.4 Å². The van der Waals surface area contributed by atoms with Gasteiger partial charge in [-0.1, -0.05) is 55.3 Å². The number of carbonyl (C=O) groups is 1. The lowest BCUT2D eigenvalue weighted by molar-refractivity contribution is 0.0943. The van der Waals surface area contributed by atoms with E-state index in [1.807, 2.05) is 25.1 Å². The van der Waals surface area contributed by atoms with Crippen LogP contribution in [-0.4, -0.2) is 19.1 Å². The van der Waals surface area contributed by atoms with Gasteiger partial charge in [-0.05, 0) is 37.0 Å². The van der Waals surface area contributed by atoms with Crippen molar-refractivity contribution in [2.75, 3.05) is 7.11 Å². The number of benzene rings is 2. The van der Waals surface area contributed by atoms with Gasteiger partial charge in [-0.25, -0.2) is 0 Å². The van der Waals surface area contributed by atoms with Crippen LogP contribution in [-0.2, 0) is 0 Å². The molecule has 1 aliphatic carbocycles. The van der Waals surface area contributed by atoms with Gasteiger partial charge in [0.15, 0.2) is 0 Å². The Kier molecular flexibility index (Phi) is 4.12. The molecule has 1 unspecified atom stereocenters. The zero-order valence-corrected chi connectivity index (χ0v) is 15.0. The molecule has 0 heterocycles. The van der Waals surface area contributed by atoms with Crippen LogP contribution in [0.25, 0.3) is 0 Å². The van der Waals surface area contributed by atoms with E-state index in [1.54, 1.807) is 7.11 Å². The first kappa shape index (κ1) is 16.6. The second-order valence-corrected chi connectivity index (χ2v) is 7.36. The van der Waals surface area contributed by atoms with Crippen LogP contribution in [0, 0.1) is 19.3 Å². The smallest absolute Gasteiger partial charge is 0.255 e. The molecular formula is C21H25NO2. The fraction of sp³-hybridized carbons (Fsp3) is 0.381. The highest BCUT2D eigenvalue weighted by molar-refractivity contribution is 5.97. The summed E-state index contributed by atoms with van der Waals surface area (Å²) in [4.78, 5) is 12.8. The van der Waals surface area contributed by atoms with Crippen molar-refractivity contribution in [1.29, 1.82) is 0 Å². The Labute approximate surface area is 144 Å². The second kappa shape index (κ2) is 5.97. The molecule has 1 N–H and O–H groups in total. The maximum Gasteiger partial charge on any atom is 0.255 e. The summed E-state index contributed by atoms with van der Waals surface area (Å²) < 4.78 is 5.34. The lowest BCUT2D eigenvalue weighted by atomic mass is 10.0. The minimum absolute atomic E-state index is 0.0575. The zero-order chi connectivity index (χ0) is 17.5. The fourth-order valence-electron chi connectivity index (χ4n) is 3.52. The van der Waals surface area contributed by atoms with Crippen molar-refractivity contribution in [3.8, 4) is 5.75 Å². The SMILES string of the molecule is COc1ccc(C)cc1C(=O)NC1[C@H](c2ccc(C)cc2)C1(C)C. The molecular weight excluding hydrogens is 298 g/mol. The minimum atomic E-state index is -0.0664. The average molecular weight is 323 g/mol. The van der Waals surface area contributed by atoms with E-state index < -0.39 is 0 Å². The van der Waals surface area contributed by atoms with E-state index in [0.717, 1.165) is 5.56 Å². The molecule has 3 heteroatoms. The number of amides is 1. The van der Waals surface area contributed by atoms with Crippen LogP contribution in [0.15, 0.2) is 42.5 Å². The molecule has 0 aromatic heterocycles. The zero-order valence-electron chi connectivity index (χ0n) is 15.0. The summed E-state index contributed by atoms with van der Waals surface area (Å²) in [5.41, 5.74) is 4.24. The molecule has 0 saturated heterocycles. The van der Waals surface area contributed by atoms with Crippen molar-refractivity contribution in [3.05, 3.63) is 64.7 Å². The number of hydrogen-bond acceptors (Lipinski definition) is 2. The van der Waals surface area contributed by atoms with Crippen molar-refractivity contribution in [3.63, 3.8) is 0 Å². The second-order valence-electron chi connectivity index (χ2n) is 7.36. The lowest BCUT2D eigenvalue weighted by Crippen LogP contribution is -2.29. The number of ether oxygens (including phenoxy) is 1. The Balaban J connectivity index is 1.80. The van der Waals surface area contributed by atoms with Gasteiger partial charge in [0.2, 0.25) is 0 Å². The molecule has 3 nitrogen and oxygen atoms in total. The summed E-state index contributed by atoms with van der Waals surface area (Å²) in [5, 5.41) is 3.21. The molecule has 1 fully saturated rings. The van der Waals surface area contributed by atoms with Gasteiger partial charge in [-0.15, -0.1) is 0 Å². The summed E-state index contributed by atoms with van der Waals surface area (Å²) in [6.45, 7) is 8.48. The molecule has 1 saturated carbocycles. The van der Waals surface area contributed by atoms with Crippen LogP contribution in [0.3, 0.4) is 0 Å². The normalized spacial score (nSPS) is 21.2. The molecule has 3 rings (SSSR count). The lowest BCUT2D eigenvalue weighted by Gasteiger charge is -2.11. The molecule has 0 bridgehead atoms. The van der Waals surface area contributed by atoms with Crippen LogP contribution in [0.4, 0.5) is 0 Å². The van der Waals surface area contributed by atoms with Gasteiger partial charge in [0.25, 0.3) is 5.91 Å². The maximum absolute atomic E-state index is 12.8. The molecule has 126 valence electrons. The molecule has 0 aliphatic heterocycles. The van der Waals surface area contributed by atoms with Gasteiger partial charge in [-0.2, -0.15) is 0 Å². The number of rotatable bonds is 4. The predicted molar refractivity (Wildman–Crippen MR) is 96.7 cm³/mol. The van der Waals surface area contributed by atoms with Crippen LogP contribution >= 0.6 is 0 Å². The van der Waals surface area contributed by atoms with Crippen LogP contribution in [0.2, 0.25) is 0 Å². The van der Waals surface area contributed by atoms with E-state index in [-0.39, 0.29) is 17.4 Å². The highest BCUT2D eigenvalue weighted by atomic mass is 16.5. The molecule has 2 atom stereocenters. The van der Waals surface area contributed by atoms with Crippen molar-refractivity contribution in [2.45, 2.75) is 39.7 Å². The van der Waals surface area contributed by atoms with Crippen LogP contribution in [0.5, 0.6) is 5.75 Å². The van der Waals surface area contributed by atoms with Gasteiger partial charge in [-0.3, -0.25) is 4.79 Å². The Bertz CT molecular complexity index is 762. The average Bonchev–Trinajstić information content (AvgIpc) is 3.08. The highest BCUT2D eigenvalue weighted by Gasteiger charge is 2.59. The number of methoxy groups -OCH3 is 1. The number of hydrogen-bond donors (Lipinski definition) is 1. The largest absolute Gasteiger partial charge is 0.496 e. The maximum atomic E-state index is 12.8. The van der Waals surface area contributed by atoms with Gasteiger partial charge in [0.05, 0.1) is 12.7 Å². The summed E-state index contributed by atoms with van der Waals surface area (Å²) in [6.07, 6.45) is 0. The quantitative estimate of drug-likeness (QED) is 0.914. The first-order chi connectivity index (χ1) is 11.3. The highest BCUT2D eigenvalue weighted by Crippen LogP contribution is 2.58. The van der Waals surface area contributed by atoms with Crippen LogP contribution < -0.4 is 10.1 Å². The van der Waals surface area contributed by atoms with Crippen molar-refractivity contribution in [2.24, 2.45) is 5.41 Å². The molecule has 0 spiro atoms. The van der Waals surface area contributed by atoms with Gasteiger partial charge in [0, 0.05) is 12.0 Å². The summed E-state index contributed by atoms with van der Waals surface area (Å²) in [7, 11) is 1.59. The van der Waals surface area contributed by atoms with Crippen molar-refractivity contribution in [1.82, 2.24) is 5.32 Å². The molecule has 2 aromatic carbocycles. The Morgan fingerprint density at radius 3 is 2.29 bits per heavy atom. The minimum Gasteiger partial charge on any atom is -0.496 e. The summed E-state index contributed by atoms with van der Waals surface area (Å²) >= 11 is 0. The van der Waals surface area contributed by atoms with Crippen molar-refractivity contribution < 1.29 is 9.53 Å². The Morgan fingerprint density at radius 1 is 1.04 bits per heavy atom. The molecule has 1 amide bonds.